The van der Waals surface area contributed by atoms with Crippen LogP contribution in [0.4, 0.5) is 0 Å². The predicted octanol–water partition coefficient (Wildman–Crippen LogP) is 6.49. The van der Waals surface area contributed by atoms with E-state index in [1.54, 1.807) is 0 Å². The maximum Gasteiger partial charge on any atom is 0.168 e. The third-order valence-corrected chi connectivity index (χ3v) is 12.1. The molecule has 0 radical (unpaired) electrons. The highest BCUT2D eigenvalue weighted by Gasteiger charge is 2.44. The van der Waals surface area contributed by atoms with E-state index in [-0.39, 0.29) is 0 Å². The van der Waals surface area contributed by atoms with Crippen LogP contribution in [-0.4, -0.2) is 12.5 Å². The monoisotopic (exact) mass is 313 g/mol. The summed E-state index contributed by atoms with van der Waals surface area (Å²) in [6.45, 7) is 16.7. The first-order valence-corrected chi connectivity index (χ1v) is 10.7. The second kappa shape index (κ2) is 6.45. The van der Waals surface area contributed by atoms with Crippen LogP contribution in [-0.2, 0) is 0 Å². The Morgan fingerprint density at radius 2 is 1.36 bits per heavy atom. The molecule has 2 rings (SSSR count). The SMILES string of the molecule is Cc1ccccc1-c1ccn([Si](C(C)C)(C(C)C)C(C)C)c1. The Kier molecular flexibility index (Phi) is 5.01. The number of aryl methyl sites for hydroxylation is 1. The predicted molar refractivity (Wildman–Crippen MR) is 101 cm³/mol. The van der Waals surface area contributed by atoms with Crippen molar-refractivity contribution < 1.29 is 0 Å². The number of aromatic nitrogens is 1. The zero-order chi connectivity index (χ0) is 16.5. The summed E-state index contributed by atoms with van der Waals surface area (Å²) < 4.78 is 2.62. The van der Waals surface area contributed by atoms with Crippen LogP contribution >= 0.6 is 0 Å². The molecule has 0 amide bonds. The van der Waals surface area contributed by atoms with Gasteiger partial charge in [0.15, 0.2) is 8.24 Å². The largest absolute Gasteiger partial charge is 0.379 e. The van der Waals surface area contributed by atoms with Crippen molar-refractivity contribution >= 4 is 8.24 Å². The fourth-order valence-corrected chi connectivity index (χ4v) is 11.1. The van der Waals surface area contributed by atoms with Crippen molar-refractivity contribution in [2.75, 3.05) is 0 Å². The average molecular weight is 314 g/mol. The van der Waals surface area contributed by atoms with Crippen molar-refractivity contribution in [2.24, 2.45) is 0 Å². The third kappa shape index (κ3) is 2.69. The first kappa shape index (κ1) is 17.1. The van der Waals surface area contributed by atoms with Gasteiger partial charge in [0, 0.05) is 6.20 Å². The quantitative estimate of drug-likeness (QED) is 0.556. The molecule has 1 heterocycles. The van der Waals surface area contributed by atoms with Gasteiger partial charge in [0.05, 0.1) is 0 Å². The number of hydrogen-bond acceptors (Lipinski definition) is 0. The number of benzene rings is 1. The van der Waals surface area contributed by atoms with Crippen LogP contribution in [0.25, 0.3) is 11.1 Å². The lowest BCUT2D eigenvalue weighted by molar-refractivity contribution is 0.766. The summed E-state index contributed by atoms with van der Waals surface area (Å²) in [7, 11) is -1.62. The van der Waals surface area contributed by atoms with Gasteiger partial charge in [-0.05, 0) is 52.5 Å². The third-order valence-electron chi connectivity index (χ3n) is 5.37. The molecule has 2 heteroatoms. The smallest absolute Gasteiger partial charge is 0.168 e. The molecule has 0 aliphatic carbocycles. The van der Waals surface area contributed by atoms with E-state index in [1.165, 1.54) is 16.7 Å². The highest BCUT2D eigenvalue weighted by atomic mass is 28.3. The molecule has 0 saturated heterocycles. The summed E-state index contributed by atoms with van der Waals surface area (Å²) in [5, 5.41) is 0. The van der Waals surface area contributed by atoms with Gasteiger partial charge in [-0.1, -0.05) is 65.8 Å². The molecule has 0 fully saturated rings. The van der Waals surface area contributed by atoms with Gasteiger partial charge in [-0.3, -0.25) is 0 Å². The molecule has 0 aliphatic heterocycles. The molecular weight excluding hydrogens is 282 g/mol. The van der Waals surface area contributed by atoms with E-state index in [2.05, 4.69) is 95.4 Å². The molecule has 120 valence electrons. The molecule has 0 bridgehead atoms. The molecular formula is C20H31NSi. The van der Waals surface area contributed by atoms with Crippen LogP contribution in [0.3, 0.4) is 0 Å². The van der Waals surface area contributed by atoms with E-state index in [9.17, 15) is 0 Å². The Balaban J connectivity index is 2.55. The zero-order valence-corrected chi connectivity index (χ0v) is 16.2. The van der Waals surface area contributed by atoms with E-state index in [0.29, 0.717) is 0 Å². The first-order valence-electron chi connectivity index (χ1n) is 8.56. The van der Waals surface area contributed by atoms with Crippen LogP contribution < -0.4 is 0 Å². The minimum atomic E-state index is -1.62. The van der Waals surface area contributed by atoms with Crippen molar-refractivity contribution in [1.29, 1.82) is 0 Å². The van der Waals surface area contributed by atoms with Crippen LogP contribution in [0.1, 0.15) is 47.1 Å². The Morgan fingerprint density at radius 1 is 0.818 bits per heavy atom. The van der Waals surface area contributed by atoms with E-state index in [0.717, 1.165) is 16.6 Å². The standard InChI is InChI=1S/C20H31NSi/c1-15(2)22(16(3)4,17(5)6)21-13-12-19(14-21)20-11-9-8-10-18(20)7/h8-17H,1-7H3. The van der Waals surface area contributed by atoms with Gasteiger partial charge < -0.3 is 4.23 Å². The molecule has 0 unspecified atom stereocenters. The van der Waals surface area contributed by atoms with E-state index in [1.807, 2.05) is 0 Å². The Morgan fingerprint density at radius 3 is 1.86 bits per heavy atom. The summed E-state index contributed by atoms with van der Waals surface area (Å²) in [6.07, 6.45) is 4.75. The molecule has 0 spiro atoms. The van der Waals surface area contributed by atoms with Crippen molar-refractivity contribution in [1.82, 2.24) is 4.23 Å². The van der Waals surface area contributed by atoms with Crippen LogP contribution in [0.15, 0.2) is 42.7 Å². The lowest BCUT2D eigenvalue weighted by atomic mass is 10.0. The summed E-state index contributed by atoms with van der Waals surface area (Å²) >= 11 is 0. The number of nitrogens with zero attached hydrogens (tertiary/aromatic N) is 1. The second-order valence-corrected chi connectivity index (χ2v) is 13.2. The van der Waals surface area contributed by atoms with E-state index < -0.39 is 8.24 Å². The van der Waals surface area contributed by atoms with Gasteiger partial charge in [0.25, 0.3) is 0 Å². The first-order chi connectivity index (χ1) is 10.3. The van der Waals surface area contributed by atoms with Gasteiger partial charge in [0.2, 0.25) is 0 Å². The normalized spacial score (nSPS) is 12.6. The Bertz CT molecular complexity index is 600. The van der Waals surface area contributed by atoms with Crippen molar-refractivity contribution in [3.63, 3.8) is 0 Å². The lowest BCUT2D eigenvalue weighted by Gasteiger charge is -2.44. The average Bonchev–Trinajstić information content (AvgIpc) is 2.88. The molecule has 0 saturated carbocycles. The lowest BCUT2D eigenvalue weighted by Crippen LogP contribution is -2.51. The van der Waals surface area contributed by atoms with E-state index in [4.69, 9.17) is 0 Å². The number of hydrogen-bond donors (Lipinski definition) is 0. The molecule has 0 atom stereocenters. The molecule has 1 aromatic carbocycles. The maximum atomic E-state index is 2.62. The van der Waals surface area contributed by atoms with E-state index >= 15 is 0 Å². The molecule has 0 aliphatic rings. The van der Waals surface area contributed by atoms with Gasteiger partial charge in [-0.15, -0.1) is 0 Å². The topological polar surface area (TPSA) is 4.93 Å². The van der Waals surface area contributed by atoms with Gasteiger partial charge in [-0.2, -0.15) is 0 Å². The summed E-state index contributed by atoms with van der Waals surface area (Å²) in [5.41, 5.74) is 6.25. The van der Waals surface area contributed by atoms with Crippen molar-refractivity contribution in [2.45, 2.75) is 65.1 Å². The fraction of sp³-hybridized carbons (Fsp3) is 0.500. The highest BCUT2D eigenvalue weighted by Crippen LogP contribution is 2.43. The minimum absolute atomic E-state index is 0.727. The van der Waals surface area contributed by atoms with Crippen LogP contribution in [0.5, 0.6) is 0 Å². The molecule has 1 nitrogen and oxygen atoms in total. The zero-order valence-electron chi connectivity index (χ0n) is 15.2. The van der Waals surface area contributed by atoms with Gasteiger partial charge in [0.1, 0.15) is 0 Å². The molecule has 22 heavy (non-hydrogen) atoms. The summed E-state index contributed by atoms with van der Waals surface area (Å²) in [5.74, 6) is 0. The van der Waals surface area contributed by atoms with Crippen molar-refractivity contribution in [3.8, 4) is 11.1 Å². The number of rotatable bonds is 5. The van der Waals surface area contributed by atoms with Crippen LogP contribution in [0, 0.1) is 6.92 Å². The Hall–Kier alpha value is -1.28. The summed E-state index contributed by atoms with van der Waals surface area (Å²) in [4.78, 5) is 0. The second-order valence-electron chi connectivity index (χ2n) is 7.47. The molecule has 2 aromatic rings. The van der Waals surface area contributed by atoms with Crippen molar-refractivity contribution in [3.05, 3.63) is 48.3 Å². The van der Waals surface area contributed by atoms with Crippen LogP contribution in [0.2, 0.25) is 16.6 Å². The fourth-order valence-electron chi connectivity index (χ4n) is 4.59. The maximum absolute atomic E-state index is 2.62. The van der Waals surface area contributed by atoms with Gasteiger partial charge >= 0.3 is 0 Å². The van der Waals surface area contributed by atoms with Gasteiger partial charge in [-0.25, -0.2) is 0 Å². The Labute approximate surface area is 137 Å². The highest BCUT2D eigenvalue weighted by molar-refractivity contribution is 6.82. The molecule has 0 N–H and O–H groups in total. The summed E-state index contributed by atoms with van der Waals surface area (Å²) in [6, 6.07) is 11.0. The molecule has 1 aromatic heterocycles. The minimum Gasteiger partial charge on any atom is -0.379 e.